The van der Waals surface area contributed by atoms with Crippen LogP contribution in [0.3, 0.4) is 0 Å². The van der Waals surface area contributed by atoms with Crippen LogP contribution in [0.5, 0.6) is 5.75 Å². The molecular formula is C22H26ClN3O4S. The lowest BCUT2D eigenvalue weighted by Gasteiger charge is -2.22. The van der Waals surface area contributed by atoms with E-state index in [1.165, 1.54) is 18.4 Å². The maximum Gasteiger partial charge on any atom is 0.338 e. The van der Waals surface area contributed by atoms with Gasteiger partial charge in [0.05, 0.1) is 35.1 Å². The van der Waals surface area contributed by atoms with Gasteiger partial charge in [0.1, 0.15) is 5.75 Å². The molecule has 0 fully saturated rings. The number of amides is 1. The Morgan fingerprint density at radius 3 is 2.42 bits per heavy atom. The molecule has 0 atom stereocenters. The number of methoxy groups -OCH3 is 1. The van der Waals surface area contributed by atoms with Gasteiger partial charge >= 0.3 is 5.97 Å². The number of ether oxygens (including phenoxy) is 2. The first-order valence-electron chi connectivity index (χ1n) is 9.62. The Labute approximate surface area is 192 Å². The minimum Gasteiger partial charge on any atom is -0.494 e. The minimum atomic E-state index is -0.544. The van der Waals surface area contributed by atoms with Crippen LogP contribution in [0.2, 0.25) is 0 Å². The number of esters is 1. The number of halogens is 1. The summed E-state index contributed by atoms with van der Waals surface area (Å²) in [4.78, 5) is 33.9. The number of thiazole rings is 1. The van der Waals surface area contributed by atoms with Crippen LogP contribution >= 0.6 is 23.7 Å². The molecule has 1 amide bonds. The smallest absolute Gasteiger partial charge is 0.338 e. The third-order valence-electron chi connectivity index (χ3n) is 4.47. The number of nitrogens with zero attached hydrogens (tertiary/aromatic N) is 3. The standard InChI is InChI=1S/C22H25N3O4S.ClH/c1-5-29-15-10-11-18-19(14-15)30-22(23-18)25(13-12-24(2)3)20(26)16-8-6-7-9-17(16)21(27)28-4;/h6-11,14H,5,12-13H2,1-4H3;1H. The molecule has 3 aromatic rings. The summed E-state index contributed by atoms with van der Waals surface area (Å²) in [6.07, 6.45) is 0. The Kier molecular flexibility index (Phi) is 8.79. The van der Waals surface area contributed by atoms with Gasteiger partial charge in [0.2, 0.25) is 0 Å². The summed E-state index contributed by atoms with van der Waals surface area (Å²) in [6.45, 7) is 3.59. The van der Waals surface area contributed by atoms with E-state index >= 15 is 0 Å². The second kappa shape index (κ2) is 11.1. The first-order valence-corrected chi connectivity index (χ1v) is 10.4. The van der Waals surface area contributed by atoms with E-state index < -0.39 is 5.97 Å². The van der Waals surface area contributed by atoms with Crippen molar-refractivity contribution in [3.63, 3.8) is 0 Å². The highest BCUT2D eigenvalue weighted by atomic mass is 35.5. The normalized spacial score (nSPS) is 10.6. The van der Waals surface area contributed by atoms with Crippen molar-refractivity contribution in [3.05, 3.63) is 53.6 Å². The number of likely N-dealkylation sites (N-methyl/N-ethyl adjacent to an activating group) is 1. The second-order valence-electron chi connectivity index (χ2n) is 6.86. The number of rotatable bonds is 8. The molecule has 1 heterocycles. The van der Waals surface area contributed by atoms with E-state index in [0.717, 1.165) is 16.0 Å². The molecule has 1 aromatic heterocycles. The van der Waals surface area contributed by atoms with Gasteiger partial charge in [-0.15, -0.1) is 12.4 Å². The van der Waals surface area contributed by atoms with Crippen molar-refractivity contribution in [3.8, 4) is 5.75 Å². The van der Waals surface area contributed by atoms with E-state index in [0.29, 0.717) is 24.8 Å². The predicted molar refractivity (Wildman–Crippen MR) is 126 cm³/mol. The van der Waals surface area contributed by atoms with Crippen LogP contribution in [0, 0.1) is 0 Å². The molecule has 166 valence electrons. The molecule has 0 bridgehead atoms. The first-order chi connectivity index (χ1) is 14.4. The fraction of sp³-hybridized carbons (Fsp3) is 0.318. The third-order valence-corrected chi connectivity index (χ3v) is 5.51. The van der Waals surface area contributed by atoms with Crippen LogP contribution in [-0.4, -0.2) is 62.7 Å². The van der Waals surface area contributed by atoms with Crippen molar-refractivity contribution in [2.75, 3.05) is 45.8 Å². The van der Waals surface area contributed by atoms with E-state index in [2.05, 4.69) is 4.98 Å². The quantitative estimate of drug-likeness (QED) is 0.468. The molecule has 31 heavy (non-hydrogen) atoms. The third kappa shape index (κ3) is 5.72. The number of hydrogen-bond donors (Lipinski definition) is 0. The van der Waals surface area contributed by atoms with Gasteiger partial charge in [0.15, 0.2) is 5.13 Å². The maximum absolute atomic E-state index is 13.5. The zero-order chi connectivity index (χ0) is 21.7. The van der Waals surface area contributed by atoms with Gasteiger partial charge in [0, 0.05) is 13.1 Å². The predicted octanol–water partition coefficient (Wildman–Crippen LogP) is 4.11. The van der Waals surface area contributed by atoms with Gasteiger partial charge in [-0.3, -0.25) is 9.69 Å². The van der Waals surface area contributed by atoms with Crippen LogP contribution < -0.4 is 9.64 Å². The number of carbonyl (C=O) groups excluding carboxylic acids is 2. The molecular weight excluding hydrogens is 438 g/mol. The summed E-state index contributed by atoms with van der Waals surface area (Å²) < 4.78 is 11.4. The Bertz CT molecular complexity index is 1050. The Morgan fingerprint density at radius 2 is 1.77 bits per heavy atom. The second-order valence-corrected chi connectivity index (χ2v) is 7.87. The summed E-state index contributed by atoms with van der Waals surface area (Å²) in [7, 11) is 5.19. The monoisotopic (exact) mass is 463 g/mol. The first kappa shape index (κ1) is 24.6. The van der Waals surface area contributed by atoms with E-state index in [-0.39, 0.29) is 29.4 Å². The lowest BCUT2D eigenvalue weighted by Crippen LogP contribution is -2.37. The Morgan fingerprint density at radius 1 is 1.06 bits per heavy atom. The minimum absolute atomic E-state index is 0. The highest BCUT2D eigenvalue weighted by Gasteiger charge is 2.25. The molecule has 3 rings (SSSR count). The fourth-order valence-electron chi connectivity index (χ4n) is 2.95. The molecule has 0 N–H and O–H groups in total. The van der Waals surface area contributed by atoms with Gasteiger partial charge in [-0.1, -0.05) is 23.5 Å². The summed E-state index contributed by atoms with van der Waals surface area (Å²) in [6, 6.07) is 12.4. The van der Waals surface area contributed by atoms with Gasteiger partial charge < -0.3 is 14.4 Å². The van der Waals surface area contributed by atoms with Crippen LogP contribution in [-0.2, 0) is 4.74 Å². The number of carbonyl (C=O) groups is 2. The Hall–Kier alpha value is -2.68. The largest absolute Gasteiger partial charge is 0.494 e. The zero-order valence-electron chi connectivity index (χ0n) is 18.0. The topological polar surface area (TPSA) is 72.0 Å². The fourth-order valence-corrected chi connectivity index (χ4v) is 3.97. The molecule has 0 unspecified atom stereocenters. The lowest BCUT2D eigenvalue weighted by molar-refractivity contribution is 0.0597. The summed E-state index contributed by atoms with van der Waals surface area (Å²) in [5, 5.41) is 0.574. The summed E-state index contributed by atoms with van der Waals surface area (Å²) >= 11 is 1.42. The van der Waals surface area contributed by atoms with E-state index in [4.69, 9.17) is 9.47 Å². The van der Waals surface area contributed by atoms with Gasteiger partial charge in [-0.2, -0.15) is 0 Å². The number of hydrogen-bond acceptors (Lipinski definition) is 7. The number of anilines is 1. The summed E-state index contributed by atoms with van der Waals surface area (Å²) in [5.41, 5.74) is 1.32. The van der Waals surface area contributed by atoms with Crippen molar-refractivity contribution < 1.29 is 19.1 Å². The molecule has 0 radical (unpaired) electrons. The number of fused-ring (bicyclic) bond motifs is 1. The van der Waals surface area contributed by atoms with E-state index in [9.17, 15) is 9.59 Å². The molecule has 0 saturated carbocycles. The van der Waals surface area contributed by atoms with Crippen LogP contribution in [0.1, 0.15) is 27.6 Å². The van der Waals surface area contributed by atoms with Crippen molar-refractivity contribution >= 4 is 51.0 Å². The SMILES string of the molecule is CCOc1ccc2nc(N(CCN(C)C)C(=O)c3ccccc3C(=O)OC)sc2c1.Cl. The number of aromatic nitrogens is 1. The van der Waals surface area contributed by atoms with Gasteiger partial charge in [-0.05, 0) is 51.4 Å². The van der Waals surface area contributed by atoms with Crippen molar-refractivity contribution in [2.45, 2.75) is 6.92 Å². The summed E-state index contributed by atoms with van der Waals surface area (Å²) in [5.74, 6) is -0.0680. The molecule has 9 heteroatoms. The zero-order valence-corrected chi connectivity index (χ0v) is 19.6. The van der Waals surface area contributed by atoms with Gasteiger partial charge in [-0.25, -0.2) is 9.78 Å². The molecule has 0 aliphatic rings. The van der Waals surface area contributed by atoms with Crippen LogP contribution in [0.25, 0.3) is 10.2 Å². The Balaban J connectivity index is 0.00000341. The van der Waals surface area contributed by atoms with Gasteiger partial charge in [0.25, 0.3) is 5.91 Å². The highest BCUT2D eigenvalue weighted by molar-refractivity contribution is 7.22. The molecule has 0 saturated heterocycles. The van der Waals surface area contributed by atoms with Crippen LogP contribution in [0.15, 0.2) is 42.5 Å². The van der Waals surface area contributed by atoms with E-state index in [1.54, 1.807) is 29.2 Å². The van der Waals surface area contributed by atoms with E-state index in [1.807, 2.05) is 44.1 Å². The van der Waals surface area contributed by atoms with Crippen molar-refractivity contribution in [1.82, 2.24) is 9.88 Å². The van der Waals surface area contributed by atoms with Crippen molar-refractivity contribution in [1.29, 1.82) is 0 Å². The maximum atomic E-state index is 13.5. The molecule has 7 nitrogen and oxygen atoms in total. The molecule has 2 aromatic carbocycles. The molecule has 0 spiro atoms. The lowest BCUT2D eigenvalue weighted by atomic mass is 10.1. The van der Waals surface area contributed by atoms with Crippen LogP contribution in [0.4, 0.5) is 5.13 Å². The highest BCUT2D eigenvalue weighted by Crippen LogP contribution is 2.32. The van der Waals surface area contributed by atoms with Crippen molar-refractivity contribution in [2.24, 2.45) is 0 Å². The average Bonchev–Trinajstić information content (AvgIpc) is 3.16. The average molecular weight is 464 g/mol. The molecule has 0 aliphatic heterocycles. The number of benzene rings is 2. The molecule has 0 aliphatic carbocycles.